The summed E-state index contributed by atoms with van der Waals surface area (Å²) in [7, 11) is 0. The SMILES string of the molecule is CCCCc1nc(C)c(CO)n1-c1ccc(-c2ccccc2/C(N)=N/N)cc1. The maximum absolute atomic E-state index is 9.86. The number of nitrogens with two attached hydrogens (primary N) is 2. The van der Waals surface area contributed by atoms with Crippen LogP contribution in [0, 0.1) is 6.92 Å². The lowest BCUT2D eigenvalue weighted by Gasteiger charge is -2.13. The Morgan fingerprint density at radius 3 is 2.50 bits per heavy atom. The molecule has 0 spiro atoms. The molecular formula is C22H27N5O. The standard InChI is InChI=1S/C22H27N5O/c1-3-4-9-21-25-15(2)20(14-28)27(21)17-12-10-16(11-13-17)18-7-5-6-8-19(18)22(23)26-24/h5-8,10-13,28H,3-4,9,14,24H2,1-2H3,(H2,23,26). The van der Waals surface area contributed by atoms with E-state index in [0.29, 0.717) is 5.84 Å². The summed E-state index contributed by atoms with van der Waals surface area (Å²) in [5, 5.41) is 13.5. The van der Waals surface area contributed by atoms with Crippen molar-refractivity contribution < 1.29 is 5.11 Å². The quantitative estimate of drug-likeness (QED) is 0.254. The first-order valence-electron chi connectivity index (χ1n) is 9.52. The molecule has 0 fully saturated rings. The number of hydrogen-bond acceptors (Lipinski definition) is 4. The lowest BCUT2D eigenvalue weighted by molar-refractivity contribution is 0.273. The van der Waals surface area contributed by atoms with Gasteiger partial charge in [-0.15, -0.1) is 0 Å². The van der Waals surface area contributed by atoms with Gasteiger partial charge in [0.25, 0.3) is 0 Å². The van der Waals surface area contributed by atoms with Crippen LogP contribution in [0.3, 0.4) is 0 Å². The molecule has 0 saturated heterocycles. The van der Waals surface area contributed by atoms with Crippen LogP contribution in [0.25, 0.3) is 16.8 Å². The fraction of sp³-hybridized carbons (Fsp3) is 0.273. The van der Waals surface area contributed by atoms with Crippen molar-refractivity contribution >= 4 is 5.84 Å². The van der Waals surface area contributed by atoms with Crippen LogP contribution in [0.15, 0.2) is 53.6 Å². The monoisotopic (exact) mass is 377 g/mol. The minimum absolute atomic E-state index is 0.0426. The zero-order chi connectivity index (χ0) is 20.1. The van der Waals surface area contributed by atoms with Crippen LogP contribution in [0.5, 0.6) is 0 Å². The number of aryl methyl sites for hydroxylation is 2. The van der Waals surface area contributed by atoms with Crippen LogP contribution in [-0.4, -0.2) is 20.5 Å². The zero-order valence-corrected chi connectivity index (χ0v) is 16.4. The lowest BCUT2D eigenvalue weighted by atomic mass is 9.99. The summed E-state index contributed by atoms with van der Waals surface area (Å²) < 4.78 is 2.07. The van der Waals surface area contributed by atoms with Gasteiger partial charge in [-0.25, -0.2) is 4.98 Å². The first-order chi connectivity index (χ1) is 13.6. The zero-order valence-electron chi connectivity index (χ0n) is 16.4. The normalized spacial score (nSPS) is 11.8. The van der Waals surface area contributed by atoms with E-state index < -0.39 is 0 Å². The van der Waals surface area contributed by atoms with Gasteiger partial charge in [0.05, 0.1) is 18.0 Å². The molecule has 6 nitrogen and oxygen atoms in total. The molecule has 0 amide bonds. The van der Waals surface area contributed by atoms with Gasteiger partial charge in [0.1, 0.15) is 5.82 Å². The Morgan fingerprint density at radius 1 is 1.14 bits per heavy atom. The summed E-state index contributed by atoms with van der Waals surface area (Å²) in [5.74, 6) is 6.65. The molecule has 0 bridgehead atoms. The van der Waals surface area contributed by atoms with E-state index in [2.05, 4.69) is 21.6 Å². The van der Waals surface area contributed by atoms with Gasteiger partial charge < -0.3 is 16.7 Å². The number of nitrogens with zero attached hydrogens (tertiary/aromatic N) is 3. The maximum Gasteiger partial charge on any atom is 0.150 e. The number of unbranched alkanes of at least 4 members (excludes halogenated alkanes) is 1. The molecule has 0 saturated carbocycles. The third-order valence-electron chi connectivity index (χ3n) is 4.92. The summed E-state index contributed by atoms with van der Waals surface area (Å²) in [4.78, 5) is 4.68. The molecular weight excluding hydrogens is 350 g/mol. The van der Waals surface area contributed by atoms with Crippen LogP contribution in [0.2, 0.25) is 0 Å². The van der Waals surface area contributed by atoms with Crippen LogP contribution in [0.1, 0.15) is 42.5 Å². The van der Waals surface area contributed by atoms with Crippen molar-refractivity contribution in [3.8, 4) is 16.8 Å². The van der Waals surface area contributed by atoms with E-state index in [4.69, 9.17) is 11.6 Å². The molecule has 28 heavy (non-hydrogen) atoms. The highest BCUT2D eigenvalue weighted by molar-refractivity contribution is 6.03. The molecule has 0 aliphatic carbocycles. The Morgan fingerprint density at radius 2 is 1.86 bits per heavy atom. The van der Waals surface area contributed by atoms with Crippen molar-refractivity contribution in [2.24, 2.45) is 16.7 Å². The van der Waals surface area contributed by atoms with Gasteiger partial charge in [-0.1, -0.05) is 49.7 Å². The number of imidazole rings is 1. The molecule has 0 radical (unpaired) electrons. The topological polar surface area (TPSA) is 102 Å². The van der Waals surface area contributed by atoms with Crippen LogP contribution < -0.4 is 11.6 Å². The third-order valence-corrected chi connectivity index (χ3v) is 4.92. The highest BCUT2D eigenvalue weighted by Gasteiger charge is 2.15. The summed E-state index contributed by atoms with van der Waals surface area (Å²) in [6.45, 7) is 4.06. The van der Waals surface area contributed by atoms with Gasteiger partial charge in [0.2, 0.25) is 0 Å². The average molecular weight is 377 g/mol. The maximum atomic E-state index is 9.86. The van der Waals surface area contributed by atoms with Crippen molar-refractivity contribution in [2.45, 2.75) is 39.7 Å². The number of aliphatic hydroxyl groups excluding tert-OH is 1. The average Bonchev–Trinajstić information content (AvgIpc) is 3.06. The molecule has 0 atom stereocenters. The second kappa shape index (κ2) is 8.71. The van der Waals surface area contributed by atoms with Crippen LogP contribution >= 0.6 is 0 Å². The van der Waals surface area contributed by atoms with Crippen LogP contribution in [-0.2, 0) is 13.0 Å². The smallest absolute Gasteiger partial charge is 0.150 e. The first-order valence-corrected chi connectivity index (χ1v) is 9.52. The number of rotatable bonds is 7. The van der Waals surface area contributed by atoms with Gasteiger partial charge in [-0.2, -0.15) is 5.10 Å². The Bertz CT molecular complexity index is 973. The second-order valence-corrected chi connectivity index (χ2v) is 6.76. The lowest BCUT2D eigenvalue weighted by Crippen LogP contribution is -2.16. The van der Waals surface area contributed by atoms with E-state index in [1.165, 1.54) is 0 Å². The Labute approximate surface area is 165 Å². The van der Waals surface area contributed by atoms with Gasteiger partial charge in [-0.3, -0.25) is 4.57 Å². The summed E-state index contributed by atoms with van der Waals surface area (Å²) in [6, 6.07) is 15.9. The molecule has 0 unspecified atom stereocenters. The fourth-order valence-corrected chi connectivity index (χ4v) is 3.44. The number of hydrogen-bond donors (Lipinski definition) is 3. The van der Waals surface area contributed by atoms with E-state index in [9.17, 15) is 5.11 Å². The van der Waals surface area contributed by atoms with E-state index in [-0.39, 0.29) is 6.61 Å². The van der Waals surface area contributed by atoms with Crippen molar-refractivity contribution in [2.75, 3.05) is 0 Å². The van der Waals surface area contributed by atoms with Crippen molar-refractivity contribution in [3.63, 3.8) is 0 Å². The molecule has 1 aromatic heterocycles. The fourth-order valence-electron chi connectivity index (χ4n) is 3.44. The predicted molar refractivity (Wildman–Crippen MR) is 113 cm³/mol. The second-order valence-electron chi connectivity index (χ2n) is 6.76. The number of benzene rings is 2. The highest BCUT2D eigenvalue weighted by atomic mass is 16.3. The van der Waals surface area contributed by atoms with E-state index in [1.807, 2.05) is 55.5 Å². The summed E-state index contributed by atoms with van der Waals surface area (Å²) in [5.41, 5.74) is 11.4. The molecule has 5 N–H and O–H groups in total. The summed E-state index contributed by atoms with van der Waals surface area (Å²) in [6.07, 6.45) is 3.04. The third kappa shape index (κ3) is 3.77. The van der Waals surface area contributed by atoms with Gasteiger partial charge in [0.15, 0.2) is 5.84 Å². The molecule has 146 valence electrons. The van der Waals surface area contributed by atoms with E-state index in [0.717, 1.165) is 58.9 Å². The molecule has 3 aromatic rings. The predicted octanol–water partition coefficient (Wildman–Crippen LogP) is 3.26. The Hall–Kier alpha value is -3.12. The van der Waals surface area contributed by atoms with E-state index >= 15 is 0 Å². The number of amidine groups is 1. The van der Waals surface area contributed by atoms with Gasteiger partial charge in [-0.05, 0) is 36.6 Å². The molecule has 6 heteroatoms. The van der Waals surface area contributed by atoms with Crippen molar-refractivity contribution in [1.82, 2.24) is 9.55 Å². The number of hydrazone groups is 1. The minimum atomic E-state index is -0.0426. The number of aliphatic hydroxyl groups is 1. The van der Waals surface area contributed by atoms with Gasteiger partial charge in [0, 0.05) is 17.7 Å². The molecule has 3 rings (SSSR count). The molecule has 1 heterocycles. The highest BCUT2D eigenvalue weighted by Crippen LogP contribution is 2.27. The first kappa shape index (κ1) is 19.6. The molecule has 0 aliphatic rings. The minimum Gasteiger partial charge on any atom is -0.390 e. The van der Waals surface area contributed by atoms with E-state index in [1.54, 1.807) is 0 Å². The van der Waals surface area contributed by atoms with Crippen molar-refractivity contribution in [1.29, 1.82) is 0 Å². The molecule has 0 aliphatic heterocycles. The Balaban J connectivity index is 2.03. The van der Waals surface area contributed by atoms with Crippen molar-refractivity contribution in [3.05, 3.63) is 71.3 Å². The van der Waals surface area contributed by atoms with Crippen LogP contribution in [0.4, 0.5) is 0 Å². The number of aromatic nitrogens is 2. The summed E-state index contributed by atoms with van der Waals surface area (Å²) >= 11 is 0. The Kier molecular flexibility index (Phi) is 6.11. The van der Waals surface area contributed by atoms with Gasteiger partial charge >= 0.3 is 0 Å². The largest absolute Gasteiger partial charge is 0.390 e. The molecule has 2 aromatic carbocycles.